The summed E-state index contributed by atoms with van der Waals surface area (Å²) in [5.41, 5.74) is 3.13. The summed E-state index contributed by atoms with van der Waals surface area (Å²) in [6.45, 7) is 4.27. The van der Waals surface area contributed by atoms with Gasteiger partial charge < -0.3 is 19.6 Å². The molecule has 7 nitrogen and oxygen atoms in total. The van der Waals surface area contributed by atoms with Crippen LogP contribution in [0, 0.1) is 17.7 Å². The van der Waals surface area contributed by atoms with E-state index >= 15 is 0 Å². The Kier molecular flexibility index (Phi) is 8.20. The van der Waals surface area contributed by atoms with Crippen LogP contribution >= 0.6 is 0 Å². The molecule has 0 radical (unpaired) electrons. The van der Waals surface area contributed by atoms with Crippen molar-refractivity contribution in [1.29, 1.82) is 0 Å². The van der Waals surface area contributed by atoms with E-state index in [1.807, 2.05) is 23.1 Å². The molecule has 3 saturated heterocycles. The summed E-state index contributed by atoms with van der Waals surface area (Å²) in [4.78, 5) is 32.4. The van der Waals surface area contributed by atoms with E-state index in [1.54, 1.807) is 13.2 Å². The van der Waals surface area contributed by atoms with Crippen molar-refractivity contribution in [3.05, 3.63) is 59.4 Å². The Balaban J connectivity index is 1.19. The topological polar surface area (TPSA) is 73.3 Å². The van der Waals surface area contributed by atoms with E-state index in [2.05, 4.69) is 21.9 Å². The van der Waals surface area contributed by atoms with Crippen LogP contribution in [0.25, 0.3) is 0 Å². The number of piperidine rings is 1. The lowest BCUT2D eigenvalue weighted by molar-refractivity contribution is -0.142. The van der Waals surface area contributed by atoms with Gasteiger partial charge in [0.1, 0.15) is 11.6 Å². The third-order valence-corrected chi connectivity index (χ3v) is 10.2. The zero-order valence-corrected chi connectivity index (χ0v) is 24.0. The third-order valence-electron chi connectivity index (χ3n) is 10.2. The number of hydrogen-bond donors (Lipinski definition) is 1. The Morgan fingerprint density at radius 2 is 1.63 bits per heavy atom. The molecule has 4 fully saturated rings. The van der Waals surface area contributed by atoms with Crippen molar-refractivity contribution in [3.63, 3.8) is 0 Å². The van der Waals surface area contributed by atoms with Gasteiger partial charge in [-0.15, -0.1) is 0 Å². The Bertz CT molecular complexity index is 1240. The fourth-order valence-electron chi connectivity index (χ4n) is 7.79. The number of carboxylic acid groups (broad SMARTS) is 1. The Morgan fingerprint density at radius 1 is 0.902 bits per heavy atom. The molecule has 2 aromatic carbocycles. The van der Waals surface area contributed by atoms with E-state index in [0.717, 1.165) is 36.5 Å². The minimum atomic E-state index is -0.750. The van der Waals surface area contributed by atoms with Crippen molar-refractivity contribution in [2.24, 2.45) is 11.8 Å². The summed E-state index contributed by atoms with van der Waals surface area (Å²) in [6, 6.07) is 13.8. The summed E-state index contributed by atoms with van der Waals surface area (Å²) in [7, 11) is 1.67. The van der Waals surface area contributed by atoms with E-state index < -0.39 is 5.97 Å². The first-order valence-corrected chi connectivity index (χ1v) is 15.3. The minimum absolute atomic E-state index is 0.0783. The van der Waals surface area contributed by atoms with Crippen LogP contribution in [0.3, 0.4) is 0 Å². The molecule has 3 aliphatic heterocycles. The van der Waals surface area contributed by atoms with E-state index in [-0.39, 0.29) is 35.4 Å². The molecule has 0 unspecified atom stereocenters. The van der Waals surface area contributed by atoms with Crippen LogP contribution in [0.4, 0.5) is 10.1 Å². The van der Waals surface area contributed by atoms with Gasteiger partial charge in [-0.2, -0.15) is 0 Å². The molecule has 8 heteroatoms. The van der Waals surface area contributed by atoms with Crippen molar-refractivity contribution in [2.75, 3.05) is 51.3 Å². The number of carbonyl (C=O) groups is 2. The number of likely N-dealkylation sites (tertiary alicyclic amines) is 2. The van der Waals surface area contributed by atoms with Crippen LogP contribution in [0.2, 0.25) is 0 Å². The average Bonchev–Trinajstić information content (AvgIpc) is 3.78. The molecule has 3 heterocycles. The molecule has 41 heavy (non-hydrogen) atoms. The molecular weight excluding hydrogens is 521 g/mol. The van der Waals surface area contributed by atoms with Crippen molar-refractivity contribution in [3.8, 4) is 5.75 Å². The number of carboxylic acids is 1. The molecule has 1 aliphatic carbocycles. The lowest BCUT2D eigenvalue weighted by Gasteiger charge is -2.34. The van der Waals surface area contributed by atoms with Gasteiger partial charge in [0.15, 0.2) is 0 Å². The highest BCUT2D eigenvalue weighted by atomic mass is 19.1. The highest BCUT2D eigenvalue weighted by molar-refractivity contribution is 5.81. The highest BCUT2D eigenvalue weighted by Crippen LogP contribution is 2.41. The molecule has 2 aromatic rings. The molecule has 1 N–H and O–H groups in total. The number of hydrogen-bond acceptors (Lipinski definition) is 5. The van der Waals surface area contributed by atoms with Gasteiger partial charge in [0.25, 0.3) is 0 Å². The van der Waals surface area contributed by atoms with E-state index in [9.17, 15) is 19.1 Å². The van der Waals surface area contributed by atoms with Gasteiger partial charge in [0.05, 0.1) is 18.9 Å². The van der Waals surface area contributed by atoms with Crippen molar-refractivity contribution < 1.29 is 23.8 Å². The predicted octanol–water partition coefficient (Wildman–Crippen LogP) is 5.11. The van der Waals surface area contributed by atoms with Crippen molar-refractivity contribution in [2.45, 2.75) is 62.8 Å². The first kappa shape index (κ1) is 28.0. The molecule has 0 bridgehead atoms. The van der Waals surface area contributed by atoms with Crippen LogP contribution in [-0.2, 0) is 9.59 Å². The van der Waals surface area contributed by atoms with Crippen molar-refractivity contribution >= 4 is 17.6 Å². The largest absolute Gasteiger partial charge is 0.497 e. The molecule has 220 valence electrons. The Labute approximate surface area is 242 Å². The second kappa shape index (κ2) is 12.0. The number of nitrogens with zero attached hydrogens (tertiary/aromatic N) is 3. The number of anilines is 1. The lowest BCUT2D eigenvalue weighted by Crippen LogP contribution is -2.38. The number of halogens is 1. The number of benzene rings is 2. The number of ether oxygens (including phenoxy) is 1. The zero-order chi connectivity index (χ0) is 28.5. The maximum Gasteiger partial charge on any atom is 0.306 e. The maximum absolute atomic E-state index is 14.4. The van der Waals surface area contributed by atoms with Crippen LogP contribution in [-0.4, -0.2) is 79.2 Å². The highest BCUT2D eigenvalue weighted by Gasteiger charge is 2.44. The summed E-state index contributed by atoms with van der Waals surface area (Å²) in [6.07, 6.45) is 6.96. The van der Waals surface area contributed by atoms with Crippen LogP contribution in [0.1, 0.15) is 67.9 Å². The summed E-state index contributed by atoms with van der Waals surface area (Å²) >= 11 is 0. The second-order valence-corrected chi connectivity index (χ2v) is 12.5. The lowest BCUT2D eigenvalue weighted by atomic mass is 9.88. The standard InChI is InChI=1S/C33H42FN3O4/c1-41-27-9-6-22(7-10-27)29-20-37(26-4-2-3-5-26)21-30(29)32(38)36-17-14-24(19-36)28-11-8-25(34)18-31(28)35-15-12-23(13-16-35)33(39)40/h6-11,18,23-24,26,29-30H,2-5,12-17,19-21H2,1H3,(H,39,40)/t24-,29+,30-/m1/s1. The fraction of sp³-hybridized carbons (Fsp3) is 0.576. The number of rotatable bonds is 7. The van der Waals surface area contributed by atoms with Gasteiger partial charge in [-0.05, 0) is 67.5 Å². The quantitative estimate of drug-likeness (QED) is 0.505. The molecule has 4 aliphatic rings. The molecule has 3 atom stereocenters. The first-order chi connectivity index (χ1) is 19.9. The SMILES string of the molecule is COc1ccc([C@@H]2CN(C3CCCC3)C[C@H]2C(=O)N2CC[C@@H](c3ccc(F)cc3N3CCC(C(=O)O)CC3)C2)cc1. The Hall–Kier alpha value is -3.13. The van der Waals surface area contributed by atoms with Crippen LogP contribution in [0.5, 0.6) is 5.75 Å². The molecule has 6 rings (SSSR count). The van der Waals surface area contributed by atoms with Crippen LogP contribution in [0.15, 0.2) is 42.5 Å². The van der Waals surface area contributed by atoms with Gasteiger partial charge >= 0.3 is 5.97 Å². The third kappa shape index (κ3) is 5.81. The molecule has 0 spiro atoms. The summed E-state index contributed by atoms with van der Waals surface area (Å²) in [5, 5.41) is 9.41. The molecule has 0 aromatic heterocycles. The molecule has 1 amide bonds. The van der Waals surface area contributed by atoms with Crippen LogP contribution < -0.4 is 9.64 Å². The summed E-state index contributed by atoms with van der Waals surface area (Å²) in [5.74, 6) is -0.0897. The fourth-order valence-corrected chi connectivity index (χ4v) is 7.79. The van der Waals surface area contributed by atoms with Gasteiger partial charge in [-0.1, -0.05) is 31.0 Å². The van der Waals surface area contributed by atoms with E-state index in [1.165, 1.54) is 37.3 Å². The molecule has 1 saturated carbocycles. The predicted molar refractivity (Wildman–Crippen MR) is 156 cm³/mol. The normalized spacial score (nSPS) is 26.1. The number of amides is 1. The summed E-state index contributed by atoms with van der Waals surface area (Å²) < 4.78 is 19.8. The number of carbonyl (C=O) groups excluding carboxylic acids is 1. The Morgan fingerprint density at radius 3 is 2.32 bits per heavy atom. The maximum atomic E-state index is 14.4. The second-order valence-electron chi connectivity index (χ2n) is 12.5. The van der Waals surface area contributed by atoms with E-state index in [4.69, 9.17) is 4.74 Å². The minimum Gasteiger partial charge on any atom is -0.497 e. The van der Waals surface area contributed by atoms with Gasteiger partial charge in [-0.3, -0.25) is 14.5 Å². The van der Waals surface area contributed by atoms with Gasteiger partial charge in [0, 0.05) is 62.8 Å². The van der Waals surface area contributed by atoms with Gasteiger partial charge in [0.2, 0.25) is 5.91 Å². The van der Waals surface area contributed by atoms with E-state index in [0.29, 0.717) is 45.1 Å². The number of aliphatic carboxylic acids is 1. The monoisotopic (exact) mass is 563 g/mol. The first-order valence-electron chi connectivity index (χ1n) is 15.3. The van der Waals surface area contributed by atoms with Gasteiger partial charge in [-0.25, -0.2) is 4.39 Å². The zero-order valence-electron chi connectivity index (χ0n) is 24.0. The smallest absolute Gasteiger partial charge is 0.306 e. The average molecular weight is 564 g/mol. The van der Waals surface area contributed by atoms with Crippen molar-refractivity contribution in [1.82, 2.24) is 9.80 Å². The molecular formula is C33H42FN3O4. The number of methoxy groups -OCH3 is 1.